The van der Waals surface area contributed by atoms with Gasteiger partial charge in [-0.15, -0.1) is 0 Å². The highest BCUT2D eigenvalue weighted by molar-refractivity contribution is 5.75. The Bertz CT molecular complexity index is 290. The Morgan fingerprint density at radius 1 is 1.17 bits per heavy atom. The standard InChI is InChI=1S/C12H24N4O2/c1-10(17)16(9-8-15(2)3)7-6-13-12(18)14-11-4-5-11/h11H,4-9H2,1-3H3,(H2,13,14,18). The van der Waals surface area contributed by atoms with Crippen molar-refractivity contribution in [3.05, 3.63) is 0 Å². The van der Waals surface area contributed by atoms with Crippen LogP contribution in [0.5, 0.6) is 0 Å². The van der Waals surface area contributed by atoms with Gasteiger partial charge in [0.2, 0.25) is 5.91 Å². The summed E-state index contributed by atoms with van der Waals surface area (Å²) in [4.78, 5) is 26.6. The highest BCUT2D eigenvalue weighted by Crippen LogP contribution is 2.18. The van der Waals surface area contributed by atoms with Crippen LogP contribution in [-0.2, 0) is 4.79 Å². The van der Waals surface area contributed by atoms with Gasteiger partial charge in [0, 0.05) is 39.1 Å². The maximum atomic E-state index is 11.4. The first-order valence-corrected chi connectivity index (χ1v) is 6.43. The van der Waals surface area contributed by atoms with Gasteiger partial charge in [0.1, 0.15) is 0 Å². The van der Waals surface area contributed by atoms with Crippen LogP contribution in [0.25, 0.3) is 0 Å². The molecular weight excluding hydrogens is 232 g/mol. The second kappa shape index (κ2) is 7.20. The molecule has 1 aliphatic rings. The van der Waals surface area contributed by atoms with E-state index in [1.54, 1.807) is 11.8 Å². The Hall–Kier alpha value is -1.30. The molecule has 1 fully saturated rings. The molecule has 0 unspecified atom stereocenters. The SMILES string of the molecule is CC(=O)N(CCNC(=O)NC1CC1)CCN(C)C. The van der Waals surface area contributed by atoms with Crippen molar-refractivity contribution in [2.75, 3.05) is 40.3 Å². The zero-order valence-electron chi connectivity index (χ0n) is 11.5. The number of hydrogen-bond acceptors (Lipinski definition) is 3. The van der Waals surface area contributed by atoms with Crippen LogP contribution in [-0.4, -0.2) is 68.1 Å². The van der Waals surface area contributed by atoms with Crippen LogP contribution < -0.4 is 10.6 Å². The molecule has 1 saturated carbocycles. The molecule has 0 heterocycles. The lowest BCUT2D eigenvalue weighted by atomic mass is 10.4. The Labute approximate surface area is 109 Å². The van der Waals surface area contributed by atoms with Gasteiger partial charge >= 0.3 is 6.03 Å². The lowest BCUT2D eigenvalue weighted by Crippen LogP contribution is -2.43. The van der Waals surface area contributed by atoms with Gasteiger partial charge < -0.3 is 20.4 Å². The third-order valence-electron chi connectivity index (χ3n) is 2.84. The third-order valence-corrected chi connectivity index (χ3v) is 2.84. The molecule has 104 valence electrons. The van der Waals surface area contributed by atoms with Crippen molar-refractivity contribution >= 4 is 11.9 Å². The molecular formula is C12H24N4O2. The van der Waals surface area contributed by atoms with Gasteiger partial charge in [-0.05, 0) is 26.9 Å². The molecule has 6 nitrogen and oxygen atoms in total. The summed E-state index contributed by atoms with van der Waals surface area (Å²) in [5.41, 5.74) is 0. The van der Waals surface area contributed by atoms with E-state index in [0.29, 0.717) is 25.7 Å². The minimum Gasteiger partial charge on any atom is -0.340 e. The number of carbonyl (C=O) groups is 2. The molecule has 1 rings (SSSR count). The highest BCUT2D eigenvalue weighted by atomic mass is 16.2. The molecule has 0 aliphatic heterocycles. The van der Waals surface area contributed by atoms with Crippen molar-refractivity contribution in [1.29, 1.82) is 0 Å². The molecule has 6 heteroatoms. The first kappa shape index (κ1) is 14.8. The van der Waals surface area contributed by atoms with Crippen LogP contribution >= 0.6 is 0 Å². The number of urea groups is 1. The normalized spacial score (nSPS) is 14.4. The monoisotopic (exact) mass is 256 g/mol. The van der Waals surface area contributed by atoms with Crippen molar-refractivity contribution in [1.82, 2.24) is 20.4 Å². The molecule has 0 aromatic heterocycles. The van der Waals surface area contributed by atoms with Gasteiger partial charge in [-0.2, -0.15) is 0 Å². The third kappa shape index (κ3) is 6.44. The predicted molar refractivity (Wildman–Crippen MR) is 70.4 cm³/mol. The Kier molecular flexibility index (Phi) is 5.91. The molecule has 1 aliphatic carbocycles. The van der Waals surface area contributed by atoms with Gasteiger partial charge in [0.15, 0.2) is 0 Å². The molecule has 0 spiro atoms. The summed E-state index contributed by atoms with van der Waals surface area (Å²) in [6.07, 6.45) is 2.16. The quantitative estimate of drug-likeness (QED) is 0.666. The minimum absolute atomic E-state index is 0.0428. The number of carbonyl (C=O) groups excluding carboxylic acids is 2. The summed E-state index contributed by atoms with van der Waals surface area (Å²) in [7, 11) is 3.94. The van der Waals surface area contributed by atoms with Gasteiger partial charge in [-0.25, -0.2) is 4.79 Å². The number of amides is 3. The molecule has 2 N–H and O–H groups in total. The summed E-state index contributed by atoms with van der Waals surface area (Å²) < 4.78 is 0. The molecule has 0 aromatic carbocycles. The Morgan fingerprint density at radius 2 is 1.83 bits per heavy atom. The fourth-order valence-corrected chi connectivity index (χ4v) is 1.52. The number of nitrogens with one attached hydrogen (secondary N) is 2. The average Bonchev–Trinajstić information content (AvgIpc) is 3.05. The van der Waals surface area contributed by atoms with Crippen molar-refractivity contribution in [2.45, 2.75) is 25.8 Å². The van der Waals surface area contributed by atoms with Gasteiger partial charge in [-0.1, -0.05) is 0 Å². The van der Waals surface area contributed by atoms with Gasteiger partial charge in [0.05, 0.1) is 0 Å². The molecule has 0 aromatic rings. The predicted octanol–water partition coefficient (Wildman–Crippen LogP) is -0.142. The maximum absolute atomic E-state index is 11.4. The van der Waals surface area contributed by atoms with Crippen molar-refractivity contribution in [3.8, 4) is 0 Å². The highest BCUT2D eigenvalue weighted by Gasteiger charge is 2.22. The van der Waals surface area contributed by atoms with Crippen LogP contribution in [0.15, 0.2) is 0 Å². The topological polar surface area (TPSA) is 64.7 Å². The lowest BCUT2D eigenvalue weighted by molar-refractivity contribution is -0.128. The fourth-order valence-electron chi connectivity index (χ4n) is 1.52. The first-order chi connectivity index (χ1) is 8.49. The lowest BCUT2D eigenvalue weighted by Gasteiger charge is -2.23. The van der Waals surface area contributed by atoms with Crippen LogP contribution in [0.1, 0.15) is 19.8 Å². The van der Waals surface area contributed by atoms with Crippen LogP contribution in [0.2, 0.25) is 0 Å². The smallest absolute Gasteiger partial charge is 0.315 e. The molecule has 18 heavy (non-hydrogen) atoms. The van der Waals surface area contributed by atoms with E-state index in [-0.39, 0.29) is 11.9 Å². The summed E-state index contributed by atoms with van der Waals surface area (Å²) >= 11 is 0. The first-order valence-electron chi connectivity index (χ1n) is 6.43. The Balaban J connectivity index is 2.15. The zero-order chi connectivity index (χ0) is 13.5. The van der Waals surface area contributed by atoms with Gasteiger partial charge in [-0.3, -0.25) is 4.79 Å². The fraction of sp³-hybridized carbons (Fsp3) is 0.833. The summed E-state index contributed by atoms with van der Waals surface area (Å²) in [6.45, 7) is 4.12. The summed E-state index contributed by atoms with van der Waals surface area (Å²) in [5, 5.41) is 5.61. The van der Waals surface area contributed by atoms with Crippen LogP contribution in [0.3, 0.4) is 0 Å². The van der Waals surface area contributed by atoms with E-state index in [1.165, 1.54) is 0 Å². The van der Waals surface area contributed by atoms with Crippen molar-refractivity contribution in [2.24, 2.45) is 0 Å². The summed E-state index contributed by atoms with van der Waals surface area (Å²) in [5.74, 6) is 0.0428. The van der Waals surface area contributed by atoms with E-state index in [0.717, 1.165) is 19.4 Å². The van der Waals surface area contributed by atoms with E-state index in [9.17, 15) is 9.59 Å². The summed E-state index contributed by atoms with van der Waals surface area (Å²) in [6, 6.07) is 0.233. The van der Waals surface area contributed by atoms with Crippen molar-refractivity contribution in [3.63, 3.8) is 0 Å². The molecule has 3 amide bonds. The Morgan fingerprint density at radius 3 is 2.33 bits per heavy atom. The van der Waals surface area contributed by atoms with Crippen LogP contribution in [0, 0.1) is 0 Å². The van der Waals surface area contributed by atoms with Crippen molar-refractivity contribution < 1.29 is 9.59 Å². The van der Waals surface area contributed by atoms with E-state index in [2.05, 4.69) is 10.6 Å². The number of hydrogen-bond donors (Lipinski definition) is 2. The zero-order valence-corrected chi connectivity index (χ0v) is 11.5. The minimum atomic E-state index is -0.131. The number of rotatable bonds is 7. The van der Waals surface area contributed by atoms with E-state index in [1.807, 2.05) is 19.0 Å². The molecule has 0 radical (unpaired) electrons. The maximum Gasteiger partial charge on any atom is 0.315 e. The molecule has 0 atom stereocenters. The molecule has 0 bridgehead atoms. The largest absolute Gasteiger partial charge is 0.340 e. The van der Waals surface area contributed by atoms with E-state index < -0.39 is 0 Å². The van der Waals surface area contributed by atoms with E-state index in [4.69, 9.17) is 0 Å². The van der Waals surface area contributed by atoms with E-state index >= 15 is 0 Å². The number of likely N-dealkylation sites (N-methyl/N-ethyl adjacent to an activating group) is 1. The van der Waals surface area contributed by atoms with Crippen LogP contribution in [0.4, 0.5) is 4.79 Å². The average molecular weight is 256 g/mol. The second-order valence-electron chi connectivity index (χ2n) is 4.98. The number of nitrogens with zero attached hydrogens (tertiary/aromatic N) is 2. The van der Waals surface area contributed by atoms with Gasteiger partial charge in [0.25, 0.3) is 0 Å². The molecule has 0 saturated heterocycles. The second-order valence-corrected chi connectivity index (χ2v) is 4.98.